The van der Waals surface area contributed by atoms with Crippen molar-refractivity contribution in [2.24, 2.45) is 0 Å². The summed E-state index contributed by atoms with van der Waals surface area (Å²) in [5.74, 6) is 0. The summed E-state index contributed by atoms with van der Waals surface area (Å²) in [5.41, 5.74) is 8.20. The third kappa shape index (κ3) is 2.65. The fourth-order valence-corrected chi connectivity index (χ4v) is 4.70. The summed E-state index contributed by atoms with van der Waals surface area (Å²) in [4.78, 5) is 13.7. The number of thiophene rings is 1. The highest BCUT2D eigenvalue weighted by atomic mass is 32.1. The number of aryl methyl sites for hydroxylation is 1. The van der Waals surface area contributed by atoms with E-state index in [0.717, 1.165) is 44.6 Å². The van der Waals surface area contributed by atoms with Gasteiger partial charge in [0.1, 0.15) is 5.69 Å². The van der Waals surface area contributed by atoms with E-state index >= 15 is 0 Å². The van der Waals surface area contributed by atoms with E-state index in [1.165, 1.54) is 15.8 Å². The Hall–Kier alpha value is -3.77. The highest BCUT2D eigenvalue weighted by molar-refractivity contribution is 7.13. The first-order valence-corrected chi connectivity index (χ1v) is 10.6. The summed E-state index contributed by atoms with van der Waals surface area (Å²) in [6.07, 6.45) is 5.50. The summed E-state index contributed by atoms with van der Waals surface area (Å²) in [6.45, 7) is 2.07. The molecule has 0 amide bonds. The van der Waals surface area contributed by atoms with Crippen LogP contribution in [0.4, 0.5) is 0 Å². The highest BCUT2D eigenvalue weighted by Crippen LogP contribution is 2.36. The molecule has 0 atom stereocenters. The number of fused-ring (bicyclic) bond motifs is 2. The number of H-pyrrole nitrogens is 2. The second-order valence-corrected chi connectivity index (χ2v) is 8.25. The van der Waals surface area contributed by atoms with Crippen molar-refractivity contribution in [1.82, 2.24) is 25.1 Å². The van der Waals surface area contributed by atoms with Gasteiger partial charge in [-0.05, 0) is 48.2 Å². The molecule has 1 aromatic carbocycles. The Kier molecular flexibility index (Phi) is 3.79. The Balaban J connectivity index is 1.53. The molecule has 5 heterocycles. The lowest BCUT2D eigenvalue weighted by atomic mass is 10.1. The number of aromatic amines is 2. The van der Waals surface area contributed by atoms with Crippen LogP contribution in [0.15, 0.2) is 72.5 Å². The van der Waals surface area contributed by atoms with Crippen molar-refractivity contribution < 1.29 is 0 Å². The molecule has 0 saturated carbocycles. The molecule has 0 radical (unpaired) electrons. The molecule has 0 spiro atoms. The fourth-order valence-electron chi connectivity index (χ4n) is 3.93. The van der Waals surface area contributed by atoms with Crippen LogP contribution >= 0.6 is 11.3 Å². The molecular formula is C24H17N5S. The minimum atomic E-state index is 0.892. The molecule has 30 heavy (non-hydrogen) atoms. The molecule has 5 aromatic heterocycles. The lowest BCUT2D eigenvalue weighted by Crippen LogP contribution is -1.88. The van der Waals surface area contributed by atoms with E-state index in [1.807, 2.05) is 18.5 Å². The van der Waals surface area contributed by atoms with Crippen LogP contribution in [-0.4, -0.2) is 25.1 Å². The smallest absolute Gasteiger partial charge is 0.116 e. The van der Waals surface area contributed by atoms with Crippen molar-refractivity contribution in [1.29, 1.82) is 0 Å². The van der Waals surface area contributed by atoms with Crippen LogP contribution in [-0.2, 0) is 0 Å². The van der Waals surface area contributed by atoms with Crippen molar-refractivity contribution in [3.8, 4) is 33.1 Å². The quantitative estimate of drug-likeness (QED) is 0.367. The highest BCUT2D eigenvalue weighted by Gasteiger charge is 2.15. The zero-order valence-electron chi connectivity index (χ0n) is 16.2. The molecule has 0 aliphatic heterocycles. The third-order valence-corrected chi connectivity index (χ3v) is 6.37. The number of hydrogen-bond donors (Lipinski definition) is 2. The Morgan fingerprint density at radius 3 is 2.73 bits per heavy atom. The Morgan fingerprint density at radius 2 is 1.87 bits per heavy atom. The van der Waals surface area contributed by atoms with Gasteiger partial charge in [0.15, 0.2) is 0 Å². The van der Waals surface area contributed by atoms with Crippen molar-refractivity contribution >= 4 is 33.1 Å². The normalized spacial score (nSPS) is 11.5. The minimum Gasteiger partial charge on any atom is -0.353 e. The van der Waals surface area contributed by atoms with Crippen LogP contribution in [0.25, 0.3) is 54.9 Å². The molecule has 0 saturated heterocycles. The first-order valence-electron chi connectivity index (χ1n) is 9.69. The van der Waals surface area contributed by atoms with Gasteiger partial charge in [-0.2, -0.15) is 5.10 Å². The number of nitrogens with one attached hydrogen (secondary N) is 2. The minimum absolute atomic E-state index is 0.892. The van der Waals surface area contributed by atoms with Crippen molar-refractivity contribution in [3.63, 3.8) is 0 Å². The predicted molar refractivity (Wildman–Crippen MR) is 122 cm³/mol. The zero-order chi connectivity index (χ0) is 20.1. The number of benzene rings is 1. The van der Waals surface area contributed by atoms with Crippen LogP contribution in [0.1, 0.15) is 5.56 Å². The summed E-state index contributed by atoms with van der Waals surface area (Å²) < 4.78 is 0. The fraction of sp³-hybridized carbons (Fsp3) is 0.0417. The SMILES string of the molecule is Cc1ccncc1-c1cc2c(-c3cc4c(-c5cccs5)cccc4[nH]3)n[nH]c2cn1. The van der Waals surface area contributed by atoms with Gasteiger partial charge < -0.3 is 4.98 Å². The van der Waals surface area contributed by atoms with Crippen LogP contribution in [0.5, 0.6) is 0 Å². The number of aromatic nitrogens is 5. The van der Waals surface area contributed by atoms with E-state index in [9.17, 15) is 0 Å². The van der Waals surface area contributed by atoms with E-state index in [4.69, 9.17) is 0 Å². The van der Waals surface area contributed by atoms with Gasteiger partial charge in [-0.25, -0.2) is 0 Å². The predicted octanol–water partition coefficient (Wildman–Crippen LogP) is 6.21. The first kappa shape index (κ1) is 17.1. The standard InChI is InChI=1S/C24H17N5S/c1-14-7-8-25-12-18(14)20-11-17-22(13-26-20)28-29-24(17)21-10-16-15(23-6-3-9-30-23)4-2-5-19(16)27-21/h2-13,27H,1H3,(H,28,29). The molecule has 5 nitrogen and oxygen atoms in total. The van der Waals surface area contributed by atoms with Crippen LogP contribution in [0, 0.1) is 6.92 Å². The molecule has 0 unspecified atom stereocenters. The average Bonchev–Trinajstić information content (AvgIpc) is 3.51. The molecular weight excluding hydrogens is 390 g/mol. The molecule has 2 N–H and O–H groups in total. The van der Waals surface area contributed by atoms with Crippen LogP contribution in [0.3, 0.4) is 0 Å². The molecule has 0 fully saturated rings. The molecule has 6 aromatic rings. The number of rotatable bonds is 3. The van der Waals surface area contributed by atoms with Gasteiger partial charge in [-0.15, -0.1) is 11.3 Å². The van der Waals surface area contributed by atoms with Gasteiger partial charge in [0.2, 0.25) is 0 Å². The second kappa shape index (κ2) is 6.64. The average molecular weight is 408 g/mol. The second-order valence-electron chi connectivity index (χ2n) is 7.31. The molecule has 0 aliphatic carbocycles. The monoisotopic (exact) mass is 407 g/mol. The lowest BCUT2D eigenvalue weighted by molar-refractivity contribution is 1.11. The molecule has 6 rings (SSSR count). The van der Waals surface area contributed by atoms with Gasteiger partial charge in [0.25, 0.3) is 0 Å². The van der Waals surface area contributed by atoms with Gasteiger partial charge >= 0.3 is 0 Å². The Morgan fingerprint density at radius 1 is 0.900 bits per heavy atom. The maximum Gasteiger partial charge on any atom is 0.116 e. The topological polar surface area (TPSA) is 70.2 Å². The van der Waals surface area contributed by atoms with Crippen molar-refractivity contribution in [2.45, 2.75) is 6.92 Å². The van der Waals surface area contributed by atoms with Gasteiger partial charge in [-0.1, -0.05) is 18.2 Å². The summed E-state index contributed by atoms with van der Waals surface area (Å²) in [7, 11) is 0. The van der Waals surface area contributed by atoms with Crippen molar-refractivity contribution in [3.05, 3.63) is 78.1 Å². The van der Waals surface area contributed by atoms with E-state index in [2.05, 4.69) is 79.9 Å². The summed E-state index contributed by atoms with van der Waals surface area (Å²) in [5, 5.41) is 12.1. The molecule has 0 aliphatic rings. The van der Waals surface area contributed by atoms with Crippen LogP contribution < -0.4 is 0 Å². The molecule has 0 bridgehead atoms. The number of pyridine rings is 2. The lowest BCUT2D eigenvalue weighted by Gasteiger charge is -2.04. The van der Waals surface area contributed by atoms with E-state index in [1.54, 1.807) is 17.5 Å². The third-order valence-electron chi connectivity index (χ3n) is 5.47. The van der Waals surface area contributed by atoms with Gasteiger partial charge in [0.05, 0.1) is 23.1 Å². The van der Waals surface area contributed by atoms with Gasteiger partial charge in [0, 0.05) is 44.7 Å². The Labute approximate surface area is 176 Å². The molecule has 144 valence electrons. The van der Waals surface area contributed by atoms with E-state index in [-0.39, 0.29) is 0 Å². The summed E-state index contributed by atoms with van der Waals surface area (Å²) >= 11 is 1.75. The zero-order valence-corrected chi connectivity index (χ0v) is 17.0. The largest absolute Gasteiger partial charge is 0.353 e. The number of hydrogen-bond acceptors (Lipinski definition) is 4. The van der Waals surface area contributed by atoms with E-state index < -0.39 is 0 Å². The van der Waals surface area contributed by atoms with Gasteiger partial charge in [-0.3, -0.25) is 15.1 Å². The summed E-state index contributed by atoms with van der Waals surface area (Å²) in [6, 6.07) is 16.9. The van der Waals surface area contributed by atoms with Crippen LogP contribution in [0.2, 0.25) is 0 Å². The van der Waals surface area contributed by atoms with E-state index in [0.29, 0.717) is 0 Å². The number of nitrogens with zero attached hydrogens (tertiary/aromatic N) is 3. The molecule has 6 heteroatoms. The Bertz CT molecular complexity index is 1510. The van der Waals surface area contributed by atoms with Crippen molar-refractivity contribution in [2.75, 3.05) is 0 Å². The maximum absolute atomic E-state index is 4.62. The first-order chi connectivity index (χ1) is 14.8. The maximum atomic E-state index is 4.62.